The van der Waals surface area contributed by atoms with Gasteiger partial charge in [-0.1, -0.05) is 36.3 Å². The van der Waals surface area contributed by atoms with Gasteiger partial charge in [-0.25, -0.2) is 0 Å². The van der Waals surface area contributed by atoms with Crippen molar-refractivity contribution < 1.29 is 4.74 Å². The number of ether oxygens (including phenoxy) is 1. The second-order valence-corrected chi connectivity index (χ2v) is 15.0. The van der Waals surface area contributed by atoms with Crippen LogP contribution in [0.4, 0.5) is 28.4 Å². The molecule has 0 aliphatic carbocycles. The predicted octanol–water partition coefficient (Wildman–Crippen LogP) is 4.94. The normalized spacial score (nSPS) is 13.4. The second-order valence-electron chi connectivity index (χ2n) is 11.4. The molecule has 7 rings (SSSR count). The fourth-order valence-corrected chi connectivity index (χ4v) is 11.9. The van der Waals surface area contributed by atoms with Crippen LogP contribution in [0.3, 0.4) is 0 Å². The first-order valence-electron chi connectivity index (χ1n) is 14.2. The zero-order chi connectivity index (χ0) is 29.9. The Hall–Kier alpha value is -5.43. The molecule has 0 saturated heterocycles. The van der Waals surface area contributed by atoms with Gasteiger partial charge in [0.2, 0.25) is 0 Å². The second kappa shape index (κ2) is 9.84. The van der Waals surface area contributed by atoms with Gasteiger partial charge >= 0.3 is 0 Å². The van der Waals surface area contributed by atoms with Crippen LogP contribution in [0.1, 0.15) is 11.1 Å². The summed E-state index contributed by atoms with van der Waals surface area (Å²) in [4.78, 5) is 6.66. The highest BCUT2D eigenvalue weighted by Crippen LogP contribution is 2.43. The van der Waals surface area contributed by atoms with Crippen LogP contribution in [-0.2, 0) is 0 Å². The van der Waals surface area contributed by atoms with Crippen molar-refractivity contribution in [1.29, 1.82) is 5.26 Å². The molecule has 5 aromatic carbocycles. The molecule has 0 aromatic heterocycles. The molecule has 0 N–H and O–H groups in total. The van der Waals surface area contributed by atoms with Gasteiger partial charge in [0.25, 0.3) is 0 Å². The Kier molecular flexibility index (Phi) is 6.06. The summed E-state index contributed by atoms with van der Waals surface area (Å²) in [5, 5.41) is 14.7. The minimum atomic E-state index is -3.09. The molecule has 0 amide bonds. The van der Waals surface area contributed by atoms with E-state index in [9.17, 15) is 5.26 Å². The van der Waals surface area contributed by atoms with Crippen molar-refractivity contribution >= 4 is 57.3 Å². The van der Waals surface area contributed by atoms with Crippen molar-refractivity contribution in [3.05, 3.63) is 114 Å². The Labute approximate surface area is 253 Å². The fourth-order valence-electron chi connectivity index (χ4n) is 6.56. The molecule has 1 spiro atoms. The average molecular weight is 575 g/mol. The van der Waals surface area contributed by atoms with E-state index in [1.807, 2.05) is 36.4 Å². The van der Waals surface area contributed by atoms with Gasteiger partial charge in [-0.3, -0.25) is 0 Å². The van der Waals surface area contributed by atoms with Gasteiger partial charge in [-0.15, -0.1) is 6.42 Å². The molecule has 6 heteroatoms. The summed E-state index contributed by atoms with van der Waals surface area (Å²) in [6, 6.07) is 38.4. The molecule has 0 saturated carbocycles. The van der Waals surface area contributed by atoms with Crippen LogP contribution in [0.2, 0.25) is 0 Å². The topological polar surface area (TPSA) is 42.7 Å². The third-order valence-electron chi connectivity index (χ3n) is 8.58. The van der Waals surface area contributed by atoms with E-state index in [-0.39, 0.29) is 0 Å². The van der Waals surface area contributed by atoms with Crippen LogP contribution < -0.4 is 40.2 Å². The standard InChI is InChI=1S/C37H30N4OSi/c1-6-25-12-16-32-36(20-25)43(37-21-26(24-38)13-17-33(37)42-32)34-18-14-28(39(2)3)22-30(34)41(27-10-8-7-9-11-27)31-23-29(40(4)5)15-19-35(31)43/h1,7-23H,2-5H3. The highest BCUT2D eigenvalue weighted by atomic mass is 28.3. The monoisotopic (exact) mass is 574 g/mol. The number of benzene rings is 5. The van der Waals surface area contributed by atoms with E-state index < -0.39 is 8.07 Å². The molecule has 0 fully saturated rings. The highest BCUT2D eigenvalue weighted by molar-refractivity contribution is 7.22. The molecule has 43 heavy (non-hydrogen) atoms. The molecule has 208 valence electrons. The van der Waals surface area contributed by atoms with Crippen molar-refractivity contribution in [1.82, 2.24) is 0 Å². The molecule has 0 radical (unpaired) electrons. The lowest BCUT2D eigenvalue weighted by Gasteiger charge is -2.47. The zero-order valence-corrected chi connectivity index (χ0v) is 25.6. The number of hydrogen-bond acceptors (Lipinski definition) is 5. The maximum atomic E-state index is 10.1. The number of nitriles is 1. The smallest absolute Gasteiger partial charge is 0.192 e. The minimum Gasteiger partial charge on any atom is -0.458 e. The van der Waals surface area contributed by atoms with Crippen LogP contribution in [0, 0.1) is 23.7 Å². The van der Waals surface area contributed by atoms with Crippen molar-refractivity contribution in [3.8, 4) is 29.9 Å². The Morgan fingerprint density at radius 2 is 1.19 bits per heavy atom. The molecule has 5 aromatic rings. The Morgan fingerprint density at radius 1 is 0.651 bits per heavy atom. The highest BCUT2D eigenvalue weighted by Gasteiger charge is 2.54. The van der Waals surface area contributed by atoms with Crippen LogP contribution >= 0.6 is 0 Å². The maximum absolute atomic E-state index is 10.1. The van der Waals surface area contributed by atoms with Crippen LogP contribution in [-0.4, -0.2) is 36.3 Å². The van der Waals surface area contributed by atoms with Crippen molar-refractivity contribution in [3.63, 3.8) is 0 Å². The van der Waals surface area contributed by atoms with Crippen molar-refractivity contribution in [2.24, 2.45) is 0 Å². The molecule has 5 nitrogen and oxygen atoms in total. The average Bonchev–Trinajstić information content (AvgIpc) is 3.04. The molecule has 2 aliphatic rings. The molecule has 0 atom stereocenters. The molecule has 0 bridgehead atoms. The fraction of sp³-hybridized carbons (Fsp3) is 0.108. The molecule has 0 unspecified atom stereocenters. The van der Waals surface area contributed by atoms with Gasteiger partial charge in [-0.05, 0) is 93.5 Å². The lowest BCUT2D eigenvalue weighted by atomic mass is 10.1. The van der Waals surface area contributed by atoms with E-state index in [0.717, 1.165) is 55.9 Å². The number of anilines is 5. The Balaban J connectivity index is 1.71. The molecular formula is C37H30N4OSi. The van der Waals surface area contributed by atoms with Gasteiger partial charge in [0.1, 0.15) is 11.5 Å². The van der Waals surface area contributed by atoms with Crippen molar-refractivity contribution in [2.45, 2.75) is 0 Å². The Bertz CT molecular complexity index is 1880. The van der Waals surface area contributed by atoms with Gasteiger partial charge in [-0.2, -0.15) is 5.26 Å². The number of terminal acetylenes is 1. The van der Waals surface area contributed by atoms with Crippen molar-refractivity contribution in [2.75, 3.05) is 42.9 Å². The molecule has 2 aliphatic heterocycles. The zero-order valence-electron chi connectivity index (χ0n) is 24.6. The number of fused-ring (bicyclic) bond motifs is 8. The summed E-state index contributed by atoms with van der Waals surface area (Å²) >= 11 is 0. The summed E-state index contributed by atoms with van der Waals surface area (Å²) in [6.45, 7) is 0. The summed E-state index contributed by atoms with van der Waals surface area (Å²) < 4.78 is 6.60. The lowest BCUT2D eigenvalue weighted by molar-refractivity contribution is 0.487. The van der Waals surface area contributed by atoms with Gasteiger partial charge in [0.05, 0.1) is 11.6 Å². The van der Waals surface area contributed by atoms with Crippen LogP contribution in [0.5, 0.6) is 11.5 Å². The summed E-state index contributed by atoms with van der Waals surface area (Å²) in [5.41, 5.74) is 6.92. The summed E-state index contributed by atoms with van der Waals surface area (Å²) in [6.07, 6.45) is 6.00. The Morgan fingerprint density at radius 3 is 1.70 bits per heavy atom. The van der Waals surface area contributed by atoms with Crippen LogP contribution in [0.25, 0.3) is 0 Å². The van der Waals surface area contributed by atoms with E-state index in [2.05, 4.69) is 122 Å². The van der Waals surface area contributed by atoms with E-state index in [4.69, 9.17) is 11.2 Å². The van der Waals surface area contributed by atoms with Gasteiger partial charge in [0.15, 0.2) is 8.07 Å². The predicted molar refractivity (Wildman–Crippen MR) is 180 cm³/mol. The van der Waals surface area contributed by atoms with E-state index in [0.29, 0.717) is 5.56 Å². The number of hydrogen-bond donors (Lipinski definition) is 0. The van der Waals surface area contributed by atoms with E-state index >= 15 is 0 Å². The number of para-hydroxylation sites is 1. The number of nitrogens with zero attached hydrogens (tertiary/aromatic N) is 4. The van der Waals surface area contributed by atoms with E-state index in [1.54, 1.807) is 0 Å². The number of rotatable bonds is 3. The maximum Gasteiger partial charge on any atom is 0.192 e. The third-order valence-corrected chi connectivity index (χ3v) is 13.4. The summed E-state index contributed by atoms with van der Waals surface area (Å²) in [5.74, 6) is 4.46. The third kappa shape index (κ3) is 3.85. The minimum absolute atomic E-state index is 0.606. The quantitative estimate of drug-likeness (QED) is 0.221. The lowest BCUT2D eigenvalue weighted by Crippen LogP contribution is -2.78. The first-order chi connectivity index (χ1) is 20.9. The largest absolute Gasteiger partial charge is 0.458 e. The first kappa shape index (κ1) is 26.5. The van der Waals surface area contributed by atoms with Crippen LogP contribution in [0.15, 0.2) is 103 Å². The molecule has 2 heterocycles. The summed E-state index contributed by atoms with van der Waals surface area (Å²) in [7, 11) is 5.19. The SMILES string of the molecule is C#Cc1ccc2c(c1)[Si]1(c3cc(C#N)ccc3O2)c2ccc(N(C)C)cc2N(c2ccccc2)c2cc(N(C)C)ccc21. The molecular weight excluding hydrogens is 545 g/mol. The van der Waals surface area contributed by atoms with Gasteiger partial charge < -0.3 is 19.4 Å². The van der Waals surface area contributed by atoms with E-state index in [1.165, 1.54) is 10.4 Å². The first-order valence-corrected chi connectivity index (χ1v) is 16.2. The van der Waals surface area contributed by atoms with Gasteiger partial charge in [0, 0.05) is 62.2 Å².